The first-order valence-corrected chi connectivity index (χ1v) is 8.55. The Bertz CT molecular complexity index is 538. The molecule has 1 heterocycles. The first-order chi connectivity index (χ1) is 9.41. The van der Waals surface area contributed by atoms with Gasteiger partial charge in [0.2, 0.25) is 0 Å². The number of carbonyl (C=O) groups is 1. The summed E-state index contributed by atoms with van der Waals surface area (Å²) in [6, 6.07) is 3.00. The molecule has 0 bridgehead atoms. The van der Waals surface area contributed by atoms with Gasteiger partial charge in [-0.2, -0.15) is 4.31 Å². The molecule has 0 aliphatic carbocycles. The summed E-state index contributed by atoms with van der Waals surface area (Å²) < 4.78 is 31.5. The molecule has 1 rings (SSSR count). The van der Waals surface area contributed by atoms with E-state index in [2.05, 4.69) is 0 Å². The van der Waals surface area contributed by atoms with Gasteiger partial charge in [-0.25, -0.2) is 8.42 Å². The van der Waals surface area contributed by atoms with Crippen molar-refractivity contribution in [1.29, 1.82) is 0 Å². The van der Waals surface area contributed by atoms with Crippen LogP contribution >= 0.6 is 11.3 Å². The molecule has 1 aromatic rings. The summed E-state index contributed by atoms with van der Waals surface area (Å²) in [7, 11) is -3.57. The van der Waals surface area contributed by atoms with Gasteiger partial charge >= 0.3 is 5.97 Å². The minimum atomic E-state index is -3.57. The van der Waals surface area contributed by atoms with Gasteiger partial charge in [0.1, 0.15) is 4.21 Å². The number of sulfonamides is 1. The zero-order valence-electron chi connectivity index (χ0n) is 11.5. The van der Waals surface area contributed by atoms with E-state index in [-0.39, 0.29) is 10.6 Å². The second-order valence-corrected chi connectivity index (χ2v) is 7.32. The molecule has 6 nitrogen and oxygen atoms in total. The van der Waals surface area contributed by atoms with Crippen LogP contribution in [-0.4, -0.2) is 50.1 Å². The van der Waals surface area contributed by atoms with E-state index in [1.54, 1.807) is 13.0 Å². The lowest BCUT2D eigenvalue weighted by molar-refractivity contribution is -0.136. The molecule has 0 radical (unpaired) electrons. The molecule has 1 N–H and O–H groups in total. The van der Waals surface area contributed by atoms with Gasteiger partial charge in [0.05, 0.1) is 13.0 Å². The van der Waals surface area contributed by atoms with Crippen molar-refractivity contribution in [1.82, 2.24) is 4.31 Å². The maximum Gasteiger partial charge on any atom is 0.308 e. The standard InChI is InChI=1S/C12H19NO5S2/c1-3-13(7-8-18-4-2)20(16,17)12-6-5-10(19-12)9-11(14)15/h5-6H,3-4,7-9H2,1-2H3,(H,14,15). The molecule has 0 amide bonds. The second-order valence-electron chi connectivity index (χ2n) is 3.98. The van der Waals surface area contributed by atoms with Crippen LogP contribution in [0.4, 0.5) is 0 Å². The molecule has 0 saturated carbocycles. The molecule has 0 spiro atoms. The van der Waals surface area contributed by atoms with E-state index in [4.69, 9.17) is 9.84 Å². The van der Waals surface area contributed by atoms with Gasteiger partial charge in [0.15, 0.2) is 0 Å². The molecule has 0 saturated heterocycles. The van der Waals surface area contributed by atoms with Gasteiger partial charge in [-0.3, -0.25) is 4.79 Å². The SMILES string of the molecule is CCOCCN(CC)S(=O)(=O)c1ccc(CC(=O)O)s1. The molecule has 20 heavy (non-hydrogen) atoms. The van der Waals surface area contributed by atoms with Crippen LogP contribution in [0.2, 0.25) is 0 Å². The van der Waals surface area contributed by atoms with Crippen LogP contribution in [0.5, 0.6) is 0 Å². The molecular formula is C12H19NO5S2. The number of aliphatic carboxylic acids is 1. The van der Waals surface area contributed by atoms with Gasteiger partial charge in [-0.1, -0.05) is 6.92 Å². The smallest absolute Gasteiger partial charge is 0.308 e. The Morgan fingerprint density at radius 2 is 2.10 bits per heavy atom. The van der Waals surface area contributed by atoms with E-state index >= 15 is 0 Å². The van der Waals surface area contributed by atoms with E-state index in [0.717, 1.165) is 11.3 Å². The molecule has 0 atom stereocenters. The first-order valence-electron chi connectivity index (χ1n) is 6.30. The van der Waals surface area contributed by atoms with Crippen LogP contribution in [-0.2, 0) is 26.0 Å². The van der Waals surface area contributed by atoms with Crippen molar-refractivity contribution in [2.75, 3.05) is 26.3 Å². The Morgan fingerprint density at radius 3 is 2.65 bits per heavy atom. The van der Waals surface area contributed by atoms with Crippen LogP contribution in [0.1, 0.15) is 18.7 Å². The Kier molecular flexibility index (Phi) is 6.60. The molecule has 114 valence electrons. The highest BCUT2D eigenvalue weighted by atomic mass is 32.2. The number of hydrogen-bond donors (Lipinski definition) is 1. The van der Waals surface area contributed by atoms with Gasteiger partial charge in [0, 0.05) is 24.6 Å². The van der Waals surface area contributed by atoms with Gasteiger partial charge in [0.25, 0.3) is 10.0 Å². The lowest BCUT2D eigenvalue weighted by atomic mass is 10.3. The number of rotatable bonds is 9. The van der Waals surface area contributed by atoms with E-state index in [1.165, 1.54) is 10.4 Å². The van der Waals surface area contributed by atoms with Crippen LogP contribution in [0.15, 0.2) is 16.3 Å². The fourth-order valence-corrected chi connectivity index (χ4v) is 4.56. The third-order valence-electron chi connectivity index (χ3n) is 2.60. The summed E-state index contributed by atoms with van der Waals surface area (Å²) in [5.74, 6) is -0.973. The first kappa shape index (κ1) is 17.1. The topological polar surface area (TPSA) is 83.9 Å². The number of carboxylic acids is 1. The summed E-state index contributed by atoms with van der Waals surface area (Å²) in [5, 5.41) is 8.71. The Hall–Kier alpha value is -0.960. The number of nitrogens with zero attached hydrogens (tertiary/aromatic N) is 1. The van der Waals surface area contributed by atoms with Crippen LogP contribution in [0.25, 0.3) is 0 Å². The number of carboxylic acid groups (broad SMARTS) is 1. The van der Waals surface area contributed by atoms with Crippen molar-refractivity contribution >= 4 is 27.3 Å². The zero-order chi connectivity index (χ0) is 15.2. The zero-order valence-corrected chi connectivity index (χ0v) is 13.2. The molecule has 0 aliphatic heterocycles. The summed E-state index contributed by atoms with van der Waals surface area (Å²) in [6.07, 6.45) is -0.161. The van der Waals surface area contributed by atoms with Crippen LogP contribution in [0, 0.1) is 0 Å². The molecular weight excluding hydrogens is 302 g/mol. The average molecular weight is 321 g/mol. The van der Waals surface area contributed by atoms with Crippen molar-refractivity contribution in [2.24, 2.45) is 0 Å². The Morgan fingerprint density at radius 1 is 1.40 bits per heavy atom. The molecule has 0 aromatic carbocycles. The highest BCUT2D eigenvalue weighted by Crippen LogP contribution is 2.25. The summed E-state index contributed by atoms with van der Waals surface area (Å²) in [6.45, 7) is 5.13. The van der Waals surface area contributed by atoms with E-state index in [1.807, 2.05) is 6.92 Å². The molecule has 0 unspecified atom stereocenters. The maximum atomic E-state index is 12.4. The highest BCUT2D eigenvalue weighted by Gasteiger charge is 2.24. The normalized spacial score (nSPS) is 11.9. The van der Waals surface area contributed by atoms with E-state index in [0.29, 0.717) is 31.2 Å². The fraction of sp³-hybridized carbons (Fsp3) is 0.583. The highest BCUT2D eigenvalue weighted by molar-refractivity contribution is 7.91. The van der Waals surface area contributed by atoms with Crippen molar-refractivity contribution in [2.45, 2.75) is 24.5 Å². The van der Waals surface area contributed by atoms with E-state index in [9.17, 15) is 13.2 Å². The Balaban J connectivity index is 2.84. The largest absolute Gasteiger partial charge is 0.481 e. The average Bonchev–Trinajstić information content (AvgIpc) is 2.82. The maximum absolute atomic E-state index is 12.4. The third-order valence-corrected chi connectivity index (χ3v) is 6.13. The van der Waals surface area contributed by atoms with Gasteiger partial charge in [-0.05, 0) is 19.1 Å². The fourth-order valence-electron chi connectivity index (χ4n) is 1.63. The summed E-state index contributed by atoms with van der Waals surface area (Å²) >= 11 is 1.000. The third kappa shape index (κ3) is 4.55. The van der Waals surface area contributed by atoms with Gasteiger partial charge < -0.3 is 9.84 Å². The molecule has 1 aromatic heterocycles. The predicted octanol–water partition coefficient (Wildman–Crippen LogP) is 1.42. The predicted molar refractivity (Wildman–Crippen MR) is 76.6 cm³/mol. The quantitative estimate of drug-likeness (QED) is 0.696. The van der Waals surface area contributed by atoms with Gasteiger partial charge in [-0.15, -0.1) is 11.3 Å². The number of hydrogen-bond acceptors (Lipinski definition) is 5. The minimum absolute atomic E-state index is 0.161. The number of likely N-dealkylation sites (N-methyl/N-ethyl adjacent to an activating group) is 1. The lowest BCUT2D eigenvalue weighted by Gasteiger charge is -2.19. The van der Waals surface area contributed by atoms with Crippen molar-refractivity contribution in [3.63, 3.8) is 0 Å². The summed E-state index contributed by atoms with van der Waals surface area (Å²) in [5.41, 5.74) is 0. The lowest BCUT2D eigenvalue weighted by Crippen LogP contribution is -2.33. The van der Waals surface area contributed by atoms with Crippen molar-refractivity contribution in [3.05, 3.63) is 17.0 Å². The molecule has 0 fully saturated rings. The molecule has 8 heteroatoms. The number of ether oxygens (including phenoxy) is 1. The molecule has 0 aliphatic rings. The minimum Gasteiger partial charge on any atom is -0.481 e. The Labute approximate surface area is 123 Å². The summed E-state index contributed by atoms with van der Waals surface area (Å²) in [4.78, 5) is 11.1. The second kappa shape index (κ2) is 7.72. The van der Waals surface area contributed by atoms with Crippen LogP contribution in [0.3, 0.4) is 0 Å². The monoisotopic (exact) mass is 321 g/mol. The van der Waals surface area contributed by atoms with Crippen LogP contribution < -0.4 is 0 Å². The van der Waals surface area contributed by atoms with E-state index < -0.39 is 16.0 Å². The van der Waals surface area contributed by atoms with Crippen molar-refractivity contribution < 1.29 is 23.1 Å². The number of thiophene rings is 1. The van der Waals surface area contributed by atoms with Crippen molar-refractivity contribution in [3.8, 4) is 0 Å².